The molecule has 6 heteroatoms. The molecule has 2 heterocycles. The lowest BCUT2D eigenvalue weighted by atomic mass is 10.1. The molecule has 0 saturated carbocycles. The summed E-state index contributed by atoms with van der Waals surface area (Å²) in [4.78, 5) is 14.2. The van der Waals surface area contributed by atoms with E-state index in [1.807, 2.05) is 4.90 Å². The Kier molecular flexibility index (Phi) is 5.57. The number of ether oxygens (including phenoxy) is 2. The van der Waals surface area contributed by atoms with Gasteiger partial charge in [-0.25, -0.2) is 0 Å². The lowest BCUT2D eigenvalue weighted by Crippen LogP contribution is -2.48. The first-order valence-electron chi connectivity index (χ1n) is 7.02. The molecule has 2 saturated heterocycles. The maximum absolute atomic E-state index is 12.3. The van der Waals surface area contributed by atoms with E-state index in [2.05, 4.69) is 5.32 Å². The summed E-state index contributed by atoms with van der Waals surface area (Å²) in [5, 5.41) is 11.9. The van der Waals surface area contributed by atoms with Crippen LogP contribution in [0, 0.1) is 0 Å². The number of aliphatic hydroxyl groups is 1. The van der Waals surface area contributed by atoms with E-state index < -0.39 is 0 Å². The molecule has 2 N–H and O–H groups in total. The first kappa shape index (κ1) is 14.7. The van der Waals surface area contributed by atoms with Crippen molar-refractivity contribution in [3.63, 3.8) is 0 Å². The molecule has 0 aromatic rings. The number of nitrogens with one attached hydrogen (secondary N) is 1. The van der Waals surface area contributed by atoms with Crippen LogP contribution in [-0.2, 0) is 14.3 Å². The molecular weight excluding hydrogens is 248 g/mol. The SMILES string of the molecule is COC1CNC(C(=O)N2CCC(OCCO)CC2)C1. The fraction of sp³-hybridized carbons (Fsp3) is 0.923. The number of rotatable bonds is 5. The van der Waals surface area contributed by atoms with Crippen molar-refractivity contribution in [2.45, 2.75) is 37.5 Å². The number of hydrogen-bond donors (Lipinski definition) is 2. The van der Waals surface area contributed by atoms with E-state index in [0.29, 0.717) is 6.61 Å². The van der Waals surface area contributed by atoms with Crippen LogP contribution < -0.4 is 5.32 Å². The van der Waals surface area contributed by atoms with Crippen molar-refractivity contribution in [3.05, 3.63) is 0 Å². The third kappa shape index (κ3) is 3.89. The number of nitrogens with zero attached hydrogens (tertiary/aromatic N) is 1. The summed E-state index contributed by atoms with van der Waals surface area (Å²) in [6.07, 6.45) is 2.80. The molecule has 110 valence electrons. The van der Waals surface area contributed by atoms with Gasteiger partial charge in [-0.3, -0.25) is 4.79 Å². The molecule has 0 radical (unpaired) electrons. The molecule has 0 aromatic heterocycles. The van der Waals surface area contributed by atoms with E-state index in [1.165, 1.54) is 0 Å². The Morgan fingerprint density at radius 2 is 2.11 bits per heavy atom. The molecule has 2 aliphatic heterocycles. The molecule has 2 aliphatic rings. The Labute approximate surface area is 114 Å². The summed E-state index contributed by atoms with van der Waals surface area (Å²) in [5.74, 6) is 0.181. The van der Waals surface area contributed by atoms with Crippen LogP contribution >= 0.6 is 0 Å². The normalized spacial score (nSPS) is 28.8. The Balaban J connectivity index is 1.73. The number of methoxy groups -OCH3 is 1. The lowest BCUT2D eigenvalue weighted by Gasteiger charge is -2.33. The standard InChI is InChI=1S/C13H24N2O4/c1-18-11-8-12(14-9-11)13(17)15-4-2-10(3-5-15)19-7-6-16/h10-12,14,16H,2-9H2,1H3. The molecule has 2 atom stereocenters. The molecule has 2 fully saturated rings. The predicted octanol–water partition coefficient (Wildman–Crippen LogP) is -0.637. The second-order valence-corrected chi connectivity index (χ2v) is 5.17. The highest BCUT2D eigenvalue weighted by Crippen LogP contribution is 2.17. The van der Waals surface area contributed by atoms with Crippen LogP contribution in [0.15, 0.2) is 0 Å². The minimum Gasteiger partial charge on any atom is -0.394 e. The number of aliphatic hydroxyl groups excluding tert-OH is 1. The van der Waals surface area contributed by atoms with Gasteiger partial charge in [-0.15, -0.1) is 0 Å². The van der Waals surface area contributed by atoms with Crippen LogP contribution in [-0.4, -0.2) is 74.1 Å². The Hall–Kier alpha value is -0.690. The molecule has 19 heavy (non-hydrogen) atoms. The number of amides is 1. The highest BCUT2D eigenvalue weighted by atomic mass is 16.5. The molecule has 1 amide bonds. The van der Waals surface area contributed by atoms with Crippen molar-refractivity contribution >= 4 is 5.91 Å². The third-order valence-electron chi connectivity index (χ3n) is 3.92. The average Bonchev–Trinajstić information content (AvgIpc) is 2.94. The van der Waals surface area contributed by atoms with Crippen LogP contribution in [0.25, 0.3) is 0 Å². The van der Waals surface area contributed by atoms with Gasteiger partial charge >= 0.3 is 0 Å². The predicted molar refractivity (Wildman–Crippen MR) is 69.8 cm³/mol. The van der Waals surface area contributed by atoms with Gasteiger partial charge in [0.2, 0.25) is 5.91 Å². The lowest BCUT2D eigenvalue weighted by molar-refractivity contribution is -0.136. The van der Waals surface area contributed by atoms with Crippen LogP contribution in [0.1, 0.15) is 19.3 Å². The zero-order valence-electron chi connectivity index (χ0n) is 11.5. The van der Waals surface area contributed by atoms with Gasteiger partial charge in [-0.1, -0.05) is 0 Å². The van der Waals surface area contributed by atoms with E-state index in [9.17, 15) is 4.79 Å². The minimum atomic E-state index is -0.0974. The number of likely N-dealkylation sites (tertiary alicyclic amines) is 1. The van der Waals surface area contributed by atoms with Crippen molar-refractivity contribution in [3.8, 4) is 0 Å². The number of carbonyl (C=O) groups is 1. The highest BCUT2D eigenvalue weighted by Gasteiger charge is 2.33. The van der Waals surface area contributed by atoms with Crippen LogP contribution in [0.3, 0.4) is 0 Å². The van der Waals surface area contributed by atoms with Gasteiger partial charge in [0.25, 0.3) is 0 Å². The van der Waals surface area contributed by atoms with Crippen molar-refractivity contribution < 1.29 is 19.4 Å². The number of hydrogen-bond acceptors (Lipinski definition) is 5. The average molecular weight is 272 g/mol. The maximum Gasteiger partial charge on any atom is 0.239 e. The second-order valence-electron chi connectivity index (χ2n) is 5.17. The van der Waals surface area contributed by atoms with E-state index >= 15 is 0 Å². The molecule has 0 spiro atoms. The molecule has 0 bridgehead atoms. The van der Waals surface area contributed by atoms with E-state index in [-0.39, 0.29) is 30.8 Å². The van der Waals surface area contributed by atoms with E-state index in [1.54, 1.807) is 7.11 Å². The Morgan fingerprint density at radius 3 is 2.68 bits per heavy atom. The molecule has 2 rings (SSSR count). The Morgan fingerprint density at radius 1 is 1.37 bits per heavy atom. The maximum atomic E-state index is 12.3. The van der Waals surface area contributed by atoms with Crippen LogP contribution in [0.4, 0.5) is 0 Å². The van der Waals surface area contributed by atoms with Gasteiger partial charge in [0.15, 0.2) is 0 Å². The van der Waals surface area contributed by atoms with Gasteiger partial charge < -0.3 is 24.8 Å². The van der Waals surface area contributed by atoms with E-state index in [0.717, 1.165) is 38.9 Å². The molecular formula is C13H24N2O4. The summed E-state index contributed by atoms with van der Waals surface area (Å²) >= 11 is 0. The van der Waals surface area contributed by atoms with Gasteiger partial charge in [0.1, 0.15) is 0 Å². The molecule has 6 nitrogen and oxygen atoms in total. The smallest absolute Gasteiger partial charge is 0.239 e. The van der Waals surface area contributed by atoms with Crippen LogP contribution in [0.5, 0.6) is 0 Å². The first-order valence-corrected chi connectivity index (χ1v) is 7.02. The van der Waals surface area contributed by atoms with Gasteiger partial charge in [-0.2, -0.15) is 0 Å². The van der Waals surface area contributed by atoms with Crippen molar-refractivity contribution in [2.75, 3.05) is 40.0 Å². The zero-order chi connectivity index (χ0) is 13.7. The topological polar surface area (TPSA) is 71.0 Å². The first-order chi connectivity index (χ1) is 9.24. The molecule has 0 aliphatic carbocycles. The summed E-state index contributed by atoms with van der Waals surface area (Å²) < 4.78 is 10.8. The second kappa shape index (κ2) is 7.19. The largest absolute Gasteiger partial charge is 0.394 e. The van der Waals surface area contributed by atoms with Crippen LogP contribution in [0.2, 0.25) is 0 Å². The summed E-state index contributed by atoms with van der Waals surface area (Å²) in [6, 6.07) is -0.0974. The van der Waals surface area contributed by atoms with Crippen molar-refractivity contribution in [2.24, 2.45) is 0 Å². The molecule has 2 unspecified atom stereocenters. The molecule has 0 aromatic carbocycles. The Bertz CT molecular complexity index is 292. The highest BCUT2D eigenvalue weighted by molar-refractivity contribution is 5.82. The van der Waals surface area contributed by atoms with Gasteiger partial charge in [0, 0.05) is 26.7 Å². The quantitative estimate of drug-likeness (QED) is 0.697. The fourth-order valence-electron chi connectivity index (χ4n) is 2.75. The third-order valence-corrected chi connectivity index (χ3v) is 3.92. The van der Waals surface area contributed by atoms with Gasteiger partial charge in [0.05, 0.1) is 31.5 Å². The fourth-order valence-corrected chi connectivity index (χ4v) is 2.75. The zero-order valence-corrected chi connectivity index (χ0v) is 11.5. The minimum absolute atomic E-state index is 0.0591. The van der Waals surface area contributed by atoms with Crippen molar-refractivity contribution in [1.29, 1.82) is 0 Å². The van der Waals surface area contributed by atoms with E-state index in [4.69, 9.17) is 14.6 Å². The number of piperidine rings is 1. The monoisotopic (exact) mass is 272 g/mol. The summed E-state index contributed by atoms with van der Waals surface area (Å²) in [6.45, 7) is 2.68. The summed E-state index contributed by atoms with van der Waals surface area (Å²) in [7, 11) is 1.68. The van der Waals surface area contributed by atoms with Gasteiger partial charge in [-0.05, 0) is 19.3 Å². The summed E-state index contributed by atoms with van der Waals surface area (Å²) in [5.41, 5.74) is 0. The number of carbonyl (C=O) groups excluding carboxylic acids is 1. The van der Waals surface area contributed by atoms with Crippen molar-refractivity contribution in [1.82, 2.24) is 10.2 Å².